The summed E-state index contributed by atoms with van der Waals surface area (Å²) in [7, 11) is 0. The first-order chi connectivity index (χ1) is 10.3. The largest absolute Gasteiger partial charge is 0.350 e. The van der Waals surface area contributed by atoms with Crippen LogP contribution in [0.3, 0.4) is 0 Å². The Bertz CT molecular complexity index is 521. The van der Waals surface area contributed by atoms with Gasteiger partial charge in [0, 0.05) is 5.54 Å². The van der Waals surface area contributed by atoms with Gasteiger partial charge in [-0.1, -0.05) is 30.3 Å². The lowest BCUT2D eigenvalue weighted by molar-refractivity contribution is -0.127. The third-order valence-electron chi connectivity index (χ3n) is 2.61. The summed E-state index contributed by atoms with van der Waals surface area (Å²) in [5, 5.41) is 7.71. The number of hydrogen-bond acceptors (Lipinski definition) is 3. The standard InChI is InChI=1S/C16H23N3O3/c1-16(2,3)19-15(22)11-18-14(21)10-17-13(20)9-12-7-5-4-6-8-12/h4-8H,9-11H2,1-3H3,(H,17,20)(H,18,21)(H,19,22). The van der Waals surface area contributed by atoms with E-state index < -0.39 is 5.91 Å². The predicted octanol–water partition coefficient (Wildman–Crippen LogP) is 0.376. The molecule has 6 nitrogen and oxygen atoms in total. The van der Waals surface area contributed by atoms with Gasteiger partial charge in [-0.2, -0.15) is 0 Å². The summed E-state index contributed by atoms with van der Waals surface area (Å²) in [6.45, 7) is 5.32. The van der Waals surface area contributed by atoms with Crippen molar-refractivity contribution in [1.29, 1.82) is 0 Å². The molecule has 0 saturated heterocycles. The molecule has 120 valence electrons. The van der Waals surface area contributed by atoms with Gasteiger partial charge >= 0.3 is 0 Å². The molecule has 1 rings (SSSR count). The molecule has 1 aromatic rings. The van der Waals surface area contributed by atoms with E-state index in [0.29, 0.717) is 0 Å². The Morgan fingerprint density at radius 2 is 1.41 bits per heavy atom. The van der Waals surface area contributed by atoms with Gasteiger partial charge in [-0.25, -0.2) is 0 Å². The van der Waals surface area contributed by atoms with Gasteiger partial charge in [0.25, 0.3) is 0 Å². The minimum absolute atomic E-state index is 0.106. The SMILES string of the molecule is CC(C)(C)NC(=O)CNC(=O)CNC(=O)Cc1ccccc1. The van der Waals surface area contributed by atoms with Crippen LogP contribution in [0.4, 0.5) is 0 Å². The Hall–Kier alpha value is -2.37. The third-order valence-corrected chi connectivity index (χ3v) is 2.61. The fourth-order valence-corrected chi connectivity index (χ4v) is 1.73. The van der Waals surface area contributed by atoms with Crippen LogP contribution in [0.2, 0.25) is 0 Å². The lowest BCUT2D eigenvalue weighted by Crippen LogP contribution is -2.47. The molecule has 1 aromatic carbocycles. The molecule has 0 saturated carbocycles. The van der Waals surface area contributed by atoms with Crippen molar-refractivity contribution in [3.63, 3.8) is 0 Å². The van der Waals surface area contributed by atoms with Crippen LogP contribution in [0.1, 0.15) is 26.3 Å². The minimum Gasteiger partial charge on any atom is -0.350 e. The smallest absolute Gasteiger partial charge is 0.239 e. The molecule has 0 unspecified atom stereocenters. The summed E-state index contributed by atoms with van der Waals surface area (Å²) in [6.07, 6.45) is 0.221. The molecule has 3 amide bonds. The topological polar surface area (TPSA) is 87.3 Å². The van der Waals surface area contributed by atoms with Crippen molar-refractivity contribution in [2.75, 3.05) is 13.1 Å². The highest BCUT2D eigenvalue weighted by molar-refractivity contribution is 5.88. The van der Waals surface area contributed by atoms with Crippen LogP contribution in [0.5, 0.6) is 0 Å². The van der Waals surface area contributed by atoms with Gasteiger partial charge < -0.3 is 16.0 Å². The summed E-state index contributed by atoms with van der Waals surface area (Å²) in [5.41, 5.74) is 0.538. The average Bonchev–Trinajstić information content (AvgIpc) is 2.42. The van der Waals surface area contributed by atoms with Crippen molar-refractivity contribution < 1.29 is 14.4 Å². The van der Waals surface area contributed by atoms with Crippen molar-refractivity contribution in [2.24, 2.45) is 0 Å². The molecular formula is C16H23N3O3. The second kappa shape index (κ2) is 8.17. The maximum atomic E-state index is 11.7. The predicted molar refractivity (Wildman–Crippen MR) is 84.1 cm³/mol. The first-order valence-electron chi connectivity index (χ1n) is 7.14. The summed E-state index contributed by atoms with van der Waals surface area (Å²) >= 11 is 0. The van der Waals surface area contributed by atoms with Crippen molar-refractivity contribution in [1.82, 2.24) is 16.0 Å². The van der Waals surface area contributed by atoms with E-state index in [4.69, 9.17) is 0 Å². The van der Waals surface area contributed by atoms with Gasteiger partial charge in [0.1, 0.15) is 0 Å². The van der Waals surface area contributed by atoms with E-state index in [1.165, 1.54) is 0 Å². The molecule has 6 heteroatoms. The van der Waals surface area contributed by atoms with Crippen LogP contribution < -0.4 is 16.0 Å². The zero-order valence-electron chi connectivity index (χ0n) is 13.2. The highest BCUT2D eigenvalue weighted by Gasteiger charge is 2.14. The third kappa shape index (κ3) is 8.04. The Morgan fingerprint density at radius 1 is 0.864 bits per heavy atom. The van der Waals surface area contributed by atoms with Gasteiger partial charge in [-0.3, -0.25) is 14.4 Å². The lowest BCUT2D eigenvalue weighted by Gasteiger charge is -2.20. The van der Waals surface area contributed by atoms with E-state index >= 15 is 0 Å². The maximum Gasteiger partial charge on any atom is 0.239 e. The number of hydrogen-bond donors (Lipinski definition) is 3. The maximum absolute atomic E-state index is 11.7. The van der Waals surface area contributed by atoms with Gasteiger partial charge in [0.15, 0.2) is 0 Å². The molecule has 0 aromatic heterocycles. The van der Waals surface area contributed by atoms with Crippen molar-refractivity contribution in [3.05, 3.63) is 35.9 Å². The van der Waals surface area contributed by atoms with E-state index in [1.807, 2.05) is 51.1 Å². The average molecular weight is 305 g/mol. The van der Waals surface area contributed by atoms with E-state index in [0.717, 1.165) is 5.56 Å². The fourth-order valence-electron chi connectivity index (χ4n) is 1.73. The minimum atomic E-state index is -0.398. The van der Waals surface area contributed by atoms with Gasteiger partial charge in [-0.05, 0) is 26.3 Å². The Morgan fingerprint density at radius 3 is 2.00 bits per heavy atom. The Labute approximate surface area is 130 Å². The van der Waals surface area contributed by atoms with Gasteiger partial charge in [0.05, 0.1) is 19.5 Å². The van der Waals surface area contributed by atoms with E-state index in [2.05, 4.69) is 16.0 Å². The van der Waals surface area contributed by atoms with Crippen molar-refractivity contribution >= 4 is 17.7 Å². The molecule has 0 atom stereocenters. The zero-order chi connectivity index (χ0) is 16.6. The van der Waals surface area contributed by atoms with E-state index in [9.17, 15) is 14.4 Å². The van der Waals surface area contributed by atoms with E-state index in [1.54, 1.807) is 0 Å². The van der Waals surface area contributed by atoms with Crippen LogP contribution in [0.15, 0.2) is 30.3 Å². The summed E-state index contributed by atoms with van der Waals surface area (Å²) < 4.78 is 0. The number of carbonyl (C=O) groups is 3. The molecule has 0 heterocycles. The van der Waals surface area contributed by atoms with E-state index in [-0.39, 0.29) is 36.9 Å². The molecule has 0 radical (unpaired) electrons. The monoisotopic (exact) mass is 305 g/mol. The summed E-state index contributed by atoms with van der Waals surface area (Å²) in [6, 6.07) is 9.26. The zero-order valence-corrected chi connectivity index (χ0v) is 13.2. The summed E-state index contributed by atoms with van der Waals surface area (Å²) in [5.74, 6) is -0.901. The molecule has 22 heavy (non-hydrogen) atoms. The second-order valence-corrected chi connectivity index (χ2v) is 6.01. The number of nitrogens with one attached hydrogen (secondary N) is 3. The first-order valence-corrected chi connectivity index (χ1v) is 7.14. The quantitative estimate of drug-likeness (QED) is 0.710. The number of benzene rings is 1. The second-order valence-electron chi connectivity index (χ2n) is 6.01. The Kier molecular flexibility index (Phi) is 6.56. The molecule has 0 fully saturated rings. The normalized spacial score (nSPS) is 10.7. The van der Waals surface area contributed by atoms with Crippen molar-refractivity contribution in [2.45, 2.75) is 32.7 Å². The Balaban J connectivity index is 2.23. The molecule has 0 aliphatic rings. The molecular weight excluding hydrogens is 282 g/mol. The van der Waals surface area contributed by atoms with Crippen LogP contribution >= 0.6 is 0 Å². The molecule has 0 bridgehead atoms. The number of rotatable bonds is 6. The van der Waals surface area contributed by atoms with Crippen LogP contribution in [0.25, 0.3) is 0 Å². The van der Waals surface area contributed by atoms with Crippen LogP contribution in [-0.4, -0.2) is 36.3 Å². The highest BCUT2D eigenvalue weighted by Crippen LogP contribution is 1.99. The molecule has 0 aliphatic carbocycles. The summed E-state index contributed by atoms with van der Waals surface area (Å²) in [4.78, 5) is 34.8. The number of amides is 3. The fraction of sp³-hybridized carbons (Fsp3) is 0.438. The molecule has 0 aliphatic heterocycles. The lowest BCUT2D eigenvalue weighted by atomic mass is 10.1. The van der Waals surface area contributed by atoms with Gasteiger partial charge in [-0.15, -0.1) is 0 Å². The van der Waals surface area contributed by atoms with Crippen LogP contribution in [-0.2, 0) is 20.8 Å². The molecule has 0 spiro atoms. The first kappa shape index (κ1) is 17.7. The highest BCUT2D eigenvalue weighted by atomic mass is 16.2. The number of carbonyl (C=O) groups excluding carboxylic acids is 3. The van der Waals surface area contributed by atoms with Crippen molar-refractivity contribution in [3.8, 4) is 0 Å². The van der Waals surface area contributed by atoms with Crippen LogP contribution in [0, 0.1) is 0 Å². The molecule has 3 N–H and O–H groups in total. The van der Waals surface area contributed by atoms with Gasteiger partial charge in [0.2, 0.25) is 17.7 Å².